The van der Waals surface area contributed by atoms with Gasteiger partial charge >= 0.3 is 0 Å². The second-order valence-electron chi connectivity index (χ2n) is 5.02. The van der Waals surface area contributed by atoms with Gasteiger partial charge in [0.25, 0.3) is 15.7 Å². The van der Waals surface area contributed by atoms with Crippen molar-refractivity contribution >= 4 is 21.4 Å². The summed E-state index contributed by atoms with van der Waals surface area (Å²) in [7, 11) is -4.08. The van der Waals surface area contributed by atoms with E-state index in [0.717, 1.165) is 6.07 Å². The number of nitrogens with one attached hydrogen (secondary N) is 1. The van der Waals surface area contributed by atoms with Crippen LogP contribution in [0.5, 0.6) is 5.75 Å². The topological polar surface area (TPSA) is 98.5 Å². The number of benzene rings is 2. The largest absolute Gasteiger partial charge is 0.491 e. The second kappa shape index (κ2) is 6.66. The zero-order valence-electron chi connectivity index (χ0n) is 12.6. The fourth-order valence-corrected chi connectivity index (χ4v) is 3.17. The monoisotopic (exact) mass is 336 g/mol. The van der Waals surface area contributed by atoms with Gasteiger partial charge in [-0.2, -0.15) is 0 Å². The first-order chi connectivity index (χ1) is 10.8. The van der Waals surface area contributed by atoms with Crippen molar-refractivity contribution in [2.45, 2.75) is 24.8 Å². The number of rotatable bonds is 6. The lowest BCUT2D eigenvalue weighted by Crippen LogP contribution is -2.15. The molecule has 0 aliphatic carbocycles. The maximum atomic E-state index is 12.4. The van der Waals surface area contributed by atoms with Crippen LogP contribution in [0.15, 0.2) is 53.4 Å². The van der Waals surface area contributed by atoms with E-state index in [0.29, 0.717) is 5.75 Å². The summed E-state index contributed by atoms with van der Waals surface area (Å²) in [5.41, 5.74) is -0.212. The van der Waals surface area contributed by atoms with Crippen LogP contribution in [0.4, 0.5) is 11.4 Å². The van der Waals surface area contributed by atoms with E-state index < -0.39 is 20.6 Å². The fraction of sp³-hybridized carbons (Fsp3) is 0.200. The summed E-state index contributed by atoms with van der Waals surface area (Å²) in [6.45, 7) is 3.70. The van der Waals surface area contributed by atoms with E-state index in [9.17, 15) is 18.5 Å². The molecule has 0 radical (unpaired) electrons. The first-order valence-corrected chi connectivity index (χ1v) is 8.31. The maximum absolute atomic E-state index is 12.4. The molecule has 0 spiro atoms. The number of nitro benzene ring substituents is 1. The van der Waals surface area contributed by atoms with Crippen molar-refractivity contribution in [3.63, 3.8) is 0 Å². The van der Waals surface area contributed by atoms with Gasteiger partial charge < -0.3 is 4.74 Å². The summed E-state index contributed by atoms with van der Waals surface area (Å²) in [4.78, 5) is 9.87. The third kappa shape index (κ3) is 4.19. The normalized spacial score (nSPS) is 11.3. The smallest absolute Gasteiger partial charge is 0.289 e. The van der Waals surface area contributed by atoms with Crippen molar-refractivity contribution in [2.75, 3.05) is 4.72 Å². The predicted molar refractivity (Wildman–Crippen MR) is 86.1 cm³/mol. The molecule has 2 aromatic rings. The molecule has 0 saturated carbocycles. The summed E-state index contributed by atoms with van der Waals surface area (Å²) in [6.07, 6.45) is -0.0583. The lowest BCUT2D eigenvalue weighted by molar-refractivity contribution is -0.387. The van der Waals surface area contributed by atoms with Crippen LogP contribution in [0.2, 0.25) is 0 Å². The summed E-state index contributed by atoms with van der Waals surface area (Å²) in [6, 6.07) is 11.6. The predicted octanol–water partition coefficient (Wildman–Crippen LogP) is 3.18. The average Bonchev–Trinajstić information content (AvgIpc) is 2.46. The third-order valence-electron chi connectivity index (χ3n) is 2.81. The average molecular weight is 336 g/mol. The number of sulfonamides is 1. The highest BCUT2D eigenvalue weighted by Gasteiger charge is 2.25. The van der Waals surface area contributed by atoms with E-state index in [1.165, 1.54) is 24.3 Å². The van der Waals surface area contributed by atoms with Gasteiger partial charge in [0.1, 0.15) is 5.75 Å². The van der Waals surface area contributed by atoms with Gasteiger partial charge in [0.05, 0.1) is 16.7 Å². The molecule has 0 saturated heterocycles. The Balaban J connectivity index is 2.34. The maximum Gasteiger partial charge on any atom is 0.289 e. The Kier molecular flexibility index (Phi) is 4.85. The Labute approximate surface area is 134 Å². The minimum atomic E-state index is -4.08. The minimum absolute atomic E-state index is 0.0583. The highest BCUT2D eigenvalue weighted by molar-refractivity contribution is 7.92. The van der Waals surface area contributed by atoms with Gasteiger partial charge in [0.2, 0.25) is 0 Å². The van der Waals surface area contributed by atoms with Crippen LogP contribution < -0.4 is 9.46 Å². The molecule has 2 rings (SSSR count). The molecule has 0 unspecified atom stereocenters. The second-order valence-corrected chi connectivity index (χ2v) is 6.68. The van der Waals surface area contributed by atoms with E-state index in [4.69, 9.17) is 4.74 Å². The van der Waals surface area contributed by atoms with Crippen LogP contribution in [0.25, 0.3) is 0 Å². The molecule has 0 bridgehead atoms. The van der Waals surface area contributed by atoms with Crippen molar-refractivity contribution in [1.82, 2.24) is 0 Å². The molecule has 7 nitrogen and oxygen atoms in total. The quantitative estimate of drug-likeness (QED) is 0.645. The molecule has 0 amide bonds. The molecule has 23 heavy (non-hydrogen) atoms. The van der Waals surface area contributed by atoms with E-state index in [1.54, 1.807) is 18.2 Å². The number of nitro groups is 1. The molecule has 0 aliphatic heterocycles. The van der Waals surface area contributed by atoms with Gasteiger partial charge in [-0.15, -0.1) is 0 Å². The van der Waals surface area contributed by atoms with E-state index in [2.05, 4.69) is 4.72 Å². The van der Waals surface area contributed by atoms with Gasteiger partial charge in [-0.3, -0.25) is 14.8 Å². The highest BCUT2D eigenvalue weighted by atomic mass is 32.2. The number of para-hydroxylation sites is 1. The van der Waals surface area contributed by atoms with Crippen LogP contribution in [0.3, 0.4) is 0 Å². The molecular weight excluding hydrogens is 320 g/mol. The standard InChI is InChI=1S/C15H16N2O5S/c1-11(2)22-13-7-5-6-12(10-13)16-23(20,21)15-9-4-3-8-14(15)17(18)19/h3-11,16H,1-2H3. The van der Waals surface area contributed by atoms with Gasteiger partial charge in [0, 0.05) is 12.1 Å². The molecule has 8 heteroatoms. The summed E-state index contributed by atoms with van der Waals surface area (Å²) >= 11 is 0. The van der Waals surface area contributed by atoms with E-state index >= 15 is 0 Å². The number of hydrogen-bond donors (Lipinski definition) is 1. The van der Waals surface area contributed by atoms with Crippen LogP contribution in [-0.4, -0.2) is 19.4 Å². The lowest BCUT2D eigenvalue weighted by atomic mass is 10.3. The van der Waals surface area contributed by atoms with Crippen LogP contribution in [0, 0.1) is 10.1 Å². The SMILES string of the molecule is CC(C)Oc1cccc(NS(=O)(=O)c2ccccc2[N+](=O)[O-])c1. The molecule has 0 aromatic heterocycles. The summed E-state index contributed by atoms with van der Waals surface area (Å²) in [5, 5.41) is 11.0. The molecule has 0 fully saturated rings. The van der Waals surface area contributed by atoms with Crippen molar-refractivity contribution in [3.8, 4) is 5.75 Å². The Morgan fingerprint density at radius 3 is 2.48 bits per heavy atom. The Morgan fingerprint density at radius 1 is 1.13 bits per heavy atom. The number of anilines is 1. The van der Waals surface area contributed by atoms with E-state index in [-0.39, 0.29) is 16.7 Å². The van der Waals surface area contributed by atoms with Crippen LogP contribution >= 0.6 is 0 Å². The van der Waals surface area contributed by atoms with Gasteiger partial charge in [-0.1, -0.05) is 18.2 Å². The highest BCUT2D eigenvalue weighted by Crippen LogP contribution is 2.26. The summed E-state index contributed by atoms with van der Waals surface area (Å²) < 4.78 is 32.6. The number of nitrogens with zero attached hydrogens (tertiary/aromatic N) is 1. The fourth-order valence-electron chi connectivity index (χ4n) is 1.95. The van der Waals surface area contributed by atoms with Crippen molar-refractivity contribution in [1.29, 1.82) is 0 Å². The van der Waals surface area contributed by atoms with Crippen molar-refractivity contribution < 1.29 is 18.1 Å². The number of ether oxygens (including phenoxy) is 1. The van der Waals surface area contributed by atoms with Crippen LogP contribution in [0.1, 0.15) is 13.8 Å². The molecule has 0 aliphatic rings. The molecule has 0 heterocycles. The van der Waals surface area contributed by atoms with Crippen molar-refractivity contribution in [2.24, 2.45) is 0 Å². The number of hydrogen-bond acceptors (Lipinski definition) is 5. The molecular formula is C15H16N2O5S. The molecule has 0 atom stereocenters. The molecule has 2 aromatic carbocycles. The zero-order valence-corrected chi connectivity index (χ0v) is 13.4. The van der Waals surface area contributed by atoms with Gasteiger partial charge in [-0.05, 0) is 32.0 Å². The first kappa shape index (κ1) is 16.8. The Morgan fingerprint density at radius 2 is 1.83 bits per heavy atom. The Hall–Kier alpha value is -2.61. The lowest BCUT2D eigenvalue weighted by Gasteiger charge is -2.12. The Bertz CT molecular complexity index is 818. The minimum Gasteiger partial charge on any atom is -0.491 e. The molecule has 122 valence electrons. The van der Waals surface area contributed by atoms with Crippen molar-refractivity contribution in [3.05, 3.63) is 58.6 Å². The molecule has 1 N–H and O–H groups in total. The van der Waals surface area contributed by atoms with Gasteiger partial charge in [-0.25, -0.2) is 8.42 Å². The zero-order chi connectivity index (χ0) is 17.0. The van der Waals surface area contributed by atoms with E-state index in [1.807, 2.05) is 13.8 Å². The summed E-state index contributed by atoms with van der Waals surface area (Å²) in [5.74, 6) is 0.503. The van der Waals surface area contributed by atoms with Crippen LogP contribution in [-0.2, 0) is 10.0 Å². The third-order valence-corrected chi connectivity index (χ3v) is 4.24. The van der Waals surface area contributed by atoms with Gasteiger partial charge in [0.15, 0.2) is 4.90 Å². The first-order valence-electron chi connectivity index (χ1n) is 6.82.